The van der Waals surface area contributed by atoms with Gasteiger partial charge in [0.2, 0.25) is 0 Å². The molecule has 0 bridgehead atoms. The van der Waals surface area contributed by atoms with Crippen LogP contribution in [0, 0.1) is 0 Å². The van der Waals surface area contributed by atoms with Crippen LogP contribution in [0.15, 0.2) is 18.2 Å². The van der Waals surface area contributed by atoms with Gasteiger partial charge >= 0.3 is 0 Å². The third-order valence-electron chi connectivity index (χ3n) is 2.55. The van der Waals surface area contributed by atoms with Crippen molar-refractivity contribution in [3.63, 3.8) is 0 Å². The molecule has 0 aromatic heterocycles. The minimum atomic E-state index is 0.591. The fourth-order valence-corrected chi connectivity index (χ4v) is 1.82. The molecule has 0 aliphatic carbocycles. The van der Waals surface area contributed by atoms with E-state index in [-0.39, 0.29) is 0 Å². The van der Waals surface area contributed by atoms with Crippen LogP contribution in [0.2, 0.25) is 0 Å². The van der Waals surface area contributed by atoms with Gasteiger partial charge in [-0.25, -0.2) is 0 Å². The second-order valence-corrected chi connectivity index (χ2v) is 3.75. The third kappa shape index (κ3) is 2.70. The van der Waals surface area contributed by atoms with Gasteiger partial charge < -0.3 is 9.47 Å². The molecule has 0 unspecified atom stereocenters. The molecule has 1 aromatic rings. The normalized spacial score (nSPS) is 14.5. The van der Waals surface area contributed by atoms with Gasteiger partial charge in [-0.05, 0) is 30.0 Å². The van der Waals surface area contributed by atoms with E-state index in [0.29, 0.717) is 6.73 Å². The van der Waals surface area contributed by atoms with E-state index in [0.717, 1.165) is 31.7 Å². The maximum absolute atomic E-state index is 5.56. The molecule has 0 spiro atoms. The summed E-state index contributed by atoms with van der Waals surface area (Å²) in [5, 5.41) is 3.20. The number of ether oxygens (including phenoxy) is 2. The summed E-state index contributed by atoms with van der Waals surface area (Å²) in [6.07, 6.45) is 2.26. The van der Waals surface area contributed by atoms with Gasteiger partial charge in [-0.1, -0.05) is 12.1 Å². The molecule has 1 aromatic carbocycles. The Balaban J connectivity index is 2.00. The average molecular weight is 207 g/mol. The van der Waals surface area contributed by atoms with Gasteiger partial charge in [0, 0.05) is 13.7 Å². The largest absolute Gasteiger partial charge is 0.493 e. The number of nitrogens with one attached hydrogen (secondary N) is 1. The standard InChI is InChI=1S/C12H17NO2/c1-14-9-13-8-10-4-5-12-11(7-10)3-2-6-15-12/h4-5,7,13H,2-3,6,8-9H2,1H3. The van der Waals surface area contributed by atoms with Crippen LogP contribution in [-0.4, -0.2) is 20.4 Å². The van der Waals surface area contributed by atoms with Gasteiger partial charge in [0.15, 0.2) is 0 Å². The number of methoxy groups -OCH3 is 1. The summed E-state index contributed by atoms with van der Waals surface area (Å²) in [6, 6.07) is 6.39. The summed E-state index contributed by atoms with van der Waals surface area (Å²) in [6.45, 7) is 2.29. The van der Waals surface area contributed by atoms with E-state index in [1.165, 1.54) is 11.1 Å². The molecule has 0 amide bonds. The van der Waals surface area contributed by atoms with E-state index in [4.69, 9.17) is 9.47 Å². The van der Waals surface area contributed by atoms with E-state index in [2.05, 4.69) is 23.5 Å². The van der Waals surface area contributed by atoms with Crippen LogP contribution < -0.4 is 10.1 Å². The van der Waals surface area contributed by atoms with Crippen LogP contribution in [0.3, 0.4) is 0 Å². The Labute approximate surface area is 90.4 Å². The first kappa shape index (κ1) is 10.5. The molecule has 2 rings (SSSR count). The Morgan fingerprint density at radius 2 is 2.40 bits per heavy atom. The van der Waals surface area contributed by atoms with E-state index in [1.54, 1.807) is 7.11 Å². The van der Waals surface area contributed by atoms with Crippen LogP contribution in [0.4, 0.5) is 0 Å². The highest BCUT2D eigenvalue weighted by molar-refractivity contribution is 5.38. The average Bonchev–Trinajstić information content (AvgIpc) is 2.29. The summed E-state index contributed by atoms with van der Waals surface area (Å²) in [7, 11) is 1.69. The van der Waals surface area contributed by atoms with Gasteiger partial charge in [0.1, 0.15) is 5.75 Å². The fraction of sp³-hybridized carbons (Fsp3) is 0.500. The lowest BCUT2D eigenvalue weighted by molar-refractivity contribution is 0.174. The molecular formula is C12H17NO2. The predicted molar refractivity (Wildman–Crippen MR) is 59.0 cm³/mol. The quantitative estimate of drug-likeness (QED) is 0.602. The highest BCUT2D eigenvalue weighted by Crippen LogP contribution is 2.25. The number of rotatable bonds is 4. The smallest absolute Gasteiger partial charge is 0.122 e. The van der Waals surface area contributed by atoms with Crippen molar-refractivity contribution in [2.75, 3.05) is 20.4 Å². The van der Waals surface area contributed by atoms with E-state index < -0.39 is 0 Å². The highest BCUT2D eigenvalue weighted by atomic mass is 16.5. The maximum atomic E-state index is 5.56. The lowest BCUT2D eigenvalue weighted by Gasteiger charge is -2.17. The first-order valence-electron chi connectivity index (χ1n) is 5.34. The van der Waals surface area contributed by atoms with E-state index >= 15 is 0 Å². The van der Waals surface area contributed by atoms with Gasteiger partial charge in [0.05, 0.1) is 13.3 Å². The molecule has 0 radical (unpaired) electrons. The van der Waals surface area contributed by atoms with E-state index in [1.807, 2.05) is 0 Å². The molecular weight excluding hydrogens is 190 g/mol. The monoisotopic (exact) mass is 207 g/mol. The molecule has 0 fully saturated rings. The Bertz CT molecular complexity index is 325. The minimum absolute atomic E-state index is 0.591. The van der Waals surface area contributed by atoms with Crippen molar-refractivity contribution in [1.29, 1.82) is 0 Å². The molecule has 0 saturated heterocycles. The van der Waals surface area contributed by atoms with Crippen molar-refractivity contribution >= 4 is 0 Å². The summed E-state index contributed by atoms with van der Waals surface area (Å²) in [5.41, 5.74) is 2.62. The zero-order chi connectivity index (χ0) is 10.5. The van der Waals surface area contributed by atoms with Crippen LogP contribution >= 0.6 is 0 Å². The van der Waals surface area contributed by atoms with Gasteiger partial charge in [-0.2, -0.15) is 0 Å². The topological polar surface area (TPSA) is 30.5 Å². The summed E-state index contributed by atoms with van der Waals surface area (Å²) >= 11 is 0. The summed E-state index contributed by atoms with van der Waals surface area (Å²) in [5.74, 6) is 1.05. The van der Waals surface area contributed by atoms with Crippen LogP contribution in [0.25, 0.3) is 0 Å². The second-order valence-electron chi connectivity index (χ2n) is 3.75. The van der Waals surface area contributed by atoms with Crippen molar-refractivity contribution in [2.45, 2.75) is 19.4 Å². The van der Waals surface area contributed by atoms with Crippen molar-refractivity contribution in [2.24, 2.45) is 0 Å². The molecule has 0 saturated carbocycles. The molecule has 0 atom stereocenters. The fourth-order valence-electron chi connectivity index (χ4n) is 1.82. The van der Waals surface area contributed by atoms with Gasteiger partial charge in [0.25, 0.3) is 0 Å². The first-order valence-corrected chi connectivity index (χ1v) is 5.34. The Kier molecular flexibility index (Phi) is 3.59. The lowest BCUT2D eigenvalue weighted by Crippen LogP contribution is -2.16. The minimum Gasteiger partial charge on any atom is -0.493 e. The molecule has 3 nitrogen and oxygen atoms in total. The van der Waals surface area contributed by atoms with Crippen molar-refractivity contribution in [3.05, 3.63) is 29.3 Å². The van der Waals surface area contributed by atoms with Crippen LogP contribution in [-0.2, 0) is 17.7 Å². The Morgan fingerprint density at radius 1 is 1.47 bits per heavy atom. The third-order valence-corrected chi connectivity index (χ3v) is 2.55. The van der Waals surface area contributed by atoms with E-state index in [9.17, 15) is 0 Å². The number of benzene rings is 1. The molecule has 1 heterocycles. The zero-order valence-electron chi connectivity index (χ0n) is 9.08. The van der Waals surface area contributed by atoms with Crippen LogP contribution in [0.1, 0.15) is 17.5 Å². The van der Waals surface area contributed by atoms with Crippen molar-refractivity contribution in [3.8, 4) is 5.75 Å². The molecule has 3 heteroatoms. The molecule has 1 aliphatic rings. The van der Waals surface area contributed by atoms with Crippen molar-refractivity contribution < 1.29 is 9.47 Å². The van der Waals surface area contributed by atoms with Gasteiger partial charge in [-0.15, -0.1) is 0 Å². The second kappa shape index (κ2) is 5.14. The number of hydrogen-bond acceptors (Lipinski definition) is 3. The Morgan fingerprint density at radius 3 is 3.27 bits per heavy atom. The number of aryl methyl sites for hydroxylation is 1. The van der Waals surface area contributed by atoms with Gasteiger partial charge in [-0.3, -0.25) is 5.32 Å². The van der Waals surface area contributed by atoms with Crippen LogP contribution in [0.5, 0.6) is 5.75 Å². The molecule has 1 N–H and O–H groups in total. The lowest BCUT2D eigenvalue weighted by atomic mass is 10.0. The molecule has 15 heavy (non-hydrogen) atoms. The first-order chi connectivity index (χ1) is 7.40. The highest BCUT2D eigenvalue weighted by Gasteiger charge is 2.09. The molecule has 1 aliphatic heterocycles. The van der Waals surface area contributed by atoms with Crippen molar-refractivity contribution in [1.82, 2.24) is 5.32 Å². The number of hydrogen-bond donors (Lipinski definition) is 1. The Hall–Kier alpha value is -1.06. The predicted octanol–water partition coefficient (Wildman–Crippen LogP) is 1.71. The molecule has 82 valence electrons. The summed E-state index contributed by atoms with van der Waals surface area (Å²) < 4.78 is 10.5. The SMILES string of the molecule is COCNCc1ccc2c(c1)CCCO2. The maximum Gasteiger partial charge on any atom is 0.122 e. The zero-order valence-corrected chi connectivity index (χ0v) is 9.08. The summed E-state index contributed by atoms with van der Waals surface area (Å²) in [4.78, 5) is 0. The number of fused-ring (bicyclic) bond motifs is 1.